The molecular weight excluding hydrogens is 176 g/mol. The number of aliphatic hydroxyl groups excluding tert-OH is 1. The van der Waals surface area contributed by atoms with Gasteiger partial charge in [-0.1, -0.05) is 13.8 Å². The van der Waals surface area contributed by atoms with Crippen molar-refractivity contribution in [2.24, 2.45) is 17.8 Å². The fraction of sp³-hybridized carbons (Fsp3) is 1.00. The third-order valence-electron chi connectivity index (χ3n) is 3.42. The molecule has 1 heterocycles. The van der Waals surface area contributed by atoms with Crippen LogP contribution in [0, 0.1) is 17.8 Å². The van der Waals surface area contributed by atoms with Crippen LogP contribution in [0.3, 0.4) is 0 Å². The molecule has 2 nitrogen and oxygen atoms in total. The summed E-state index contributed by atoms with van der Waals surface area (Å²) in [5.41, 5.74) is 0. The molecule has 1 N–H and O–H groups in total. The van der Waals surface area contributed by atoms with Crippen LogP contribution in [0.25, 0.3) is 0 Å². The minimum Gasteiger partial charge on any atom is -0.393 e. The Kier molecular flexibility index (Phi) is 4.90. The Bertz CT molecular complexity index is 140. The van der Waals surface area contributed by atoms with E-state index < -0.39 is 0 Å². The van der Waals surface area contributed by atoms with Gasteiger partial charge in [0.2, 0.25) is 0 Å². The molecule has 2 heteroatoms. The molecule has 1 aliphatic rings. The lowest BCUT2D eigenvalue weighted by molar-refractivity contribution is 0.0321. The van der Waals surface area contributed by atoms with Crippen LogP contribution in [0.2, 0.25) is 0 Å². The van der Waals surface area contributed by atoms with Gasteiger partial charge in [0, 0.05) is 13.2 Å². The fourth-order valence-corrected chi connectivity index (χ4v) is 2.39. The third-order valence-corrected chi connectivity index (χ3v) is 3.42. The van der Waals surface area contributed by atoms with Crippen molar-refractivity contribution in [3.05, 3.63) is 0 Å². The van der Waals surface area contributed by atoms with Crippen molar-refractivity contribution in [1.29, 1.82) is 0 Å². The summed E-state index contributed by atoms with van der Waals surface area (Å²) in [6.07, 6.45) is 3.35. The highest BCUT2D eigenvalue weighted by atomic mass is 16.5. The van der Waals surface area contributed by atoms with E-state index in [1.54, 1.807) is 0 Å². The van der Waals surface area contributed by atoms with E-state index in [1.807, 2.05) is 6.92 Å². The minimum absolute atomic E-state index is 0.169. The molecule has 1 aliphatic heterocycles. The Hall–Kier alpha value is -0.0800. The molecule has 1 fully saturated rings. The van der Waals surface area contributed by atoms with Crippen molar-refractivity contribution in [3.63, 3.8) is 0 Å². The second-order valence-electron chi connectivity index (χ2n) is 4.94. The molecule has 0 amide bonds. The summed E-state index contributed by atoms with van der Waals surface area (Å²) in [5.74, 6) is 1.81. The van der Waals surface area contributed by atoms with Crippen molar-refractivity contribution in [2.75, 3.05) is 13.2 Å². The van der Waals surface area contributed by atoms with Crippen molar-refractivity contribution < 1.29 is 9.84 Å². The zero-order valence-electron chi connectivity index (χ0n) is 9.70. The summed E-state index contributed by atoms with van der Waals surface area (Å²) in [7, 11) is 0. The largest absolute Gasteiger partial charge is 0.393 e. The van der Waals surface area contributed by atoms with Crippen LogP contribution < -0.4 is 0 Å². The maximum Gasteiger partial charge on any atom is 0.0542 e. The molecule has 0 aliphatic carbocycles. The Morgan fingerprint density at radius 3 is 2.21 bits per heavy atom. The van der Waals surface area contributed by atoms with Crippen molar-refractivity contribution in [1.82, 2.24) is 0 Å². The lowest BCUT2D eigenvalue weighted by atomic mass is 9.80. The van der Waals surface area contributed by atoms with Gasteiger partial charge >= 0.3 is 0 Å². The number of hydrogen-bond acceptors (Lipinski definition) is 2. The molecule has 0 aromatic carbocycles. The quantitative estimate of drug-likeness (QED) is 0.755. The lowest BCUT2D eigenvalue weighted by Gasteiger charge is -2.30. The topological polar surface area (TPSA) is 29.5 Å². The van der Waals surface area contributed by atoms with E-state index in [0.717, 1.165) is 19.1 Å². The molecule has 0 aromatic heterocycles. The van der Waals surface area contributed by atoms with Crippen molar-refractivity contribution >= 4 is 0 Å². The zero-order valence-corrected chi connectivity index (χ0v) is 9.70. The number of rotatable bonds is 4. The minimum atomic E-state index is -0.169. The predicted molar refractivity (Wildman–Crippen MR) is 58.2 cm³/mol. The Balaban J connectivity index is 2.37. The first-order valence-corrected chi connectivity index (χ1v) is 5.87. The summed E-state index contributed by atoms with van der Waals surface area (Å²) >= 11 is 0. The summed E-state index contributed by atoms with van der Waals surface area (Å²) in [6.45, 7) is 8.15. The maximum absolute atomic E-state index is 9.68. The van der Waals surface area contributed by atoms with Crippen LogP contribution in [-0.2, 0) is 4.74 Å². The van der Waals surface area contributed by atoms with Gasteiger partial charge in [-0.3, -0.25) is 0 Å². The monoisotopic (exact) mass is 200 g/mol. The van der Waals surface area contributed by atoms with Crippen LogP contribution >= 0.6 is 0 Å². The van der Waals surface area contributed by atoms with Crippen molar-refractivity contribution in [3.8, 4) is 0 Å². The van der Waals surface area contributed by atoms with E-state index in [-0.39, 0.29) is 6.10 Å². The van der Waals surface area contributed by atoms with E-state index in [9.17, 15) is 5.11 Å². The fourth-order valence-electron chi connectivity index (χ4n) is 2.39. The van der Waals surface area contributed by atoms with Crippen LogP contribution in [-0.4, -0.2) is 24.4 Å². The van der Waals surface area contributed by atoms with Crippen molar-refractivity contribution in [2.45, 2.75) is 46.1 Å². The van der Waals surface area contributed by atoms with E-state index in [0.29, 0.717) is 11.8 Å². The maximum atomic E-state index is 9.68. The highest BCUT2D eigenvalue weighted by molar-refractivity contribution is 4.74. The van der Waals surface area contributed by atoms with Crippen LogP contribution in [0.1, 0.15) is 40.0 Å². The van der Waals surface area contributed by atoms with Gasteiger partial charge in [-0.25, -0.2) is 0 Å². The van der Waals surface area contributed by atoms with Crippen LogP contribution in [0.5, 0.6) is 0 Å². The molecule has 0 bridgehead atoms. The SMILES string of the molecule is CC(C)C(CC1CCOCC1)C(C)O. The van der Waals surface area contributed by atoms with Gasteiger partial charge in [0.15, 0.2) is 0 Å². The number of ether oxygens (including phenoxy) is 1. The average Bonchev–Trinajstić information content (AvgIpc) is 2.15. The molecule has 1 rings (SSSR count). The lowest BCUT2D eigenvalue weighted by Crippen LogP contribution is -2.27. The van der Waals surface area contributed by atoms with E-state index in [2.05, 4.69) is 13.8 Å². The standard InChI is InChI=1S/C12H24O2/c1-9(2)12(10(3)13)8-11-4-6-14-7-5-11/h9-13H,4-8H2,1-3H3. The summed E-state index contributed by atoms with van der Waals surface area (Å²) < 4.78 is 5.34. The summed E-state index contributed by atoms with van der Waals surface area (Å²) in [5, 5.41) is 9.68. The summed E-state index contributed by atoms with van der Waals surface area (Å²) in [6, 6.07) is 0. The van der Waals surface area contributed by atoms with Crippen LogP contribution in [0.15, 0.2) is 0 Å². The normalized spacial score (nSPS) is 23.8. The van der Waals surface area contributed by atoms with Gasteiger partial charge in [-0.15, -0.1) is 0 Å². The molecule has 84 valence electrons. The van der Waals surface area contributed by atoms with Gasteiger partial charge in [0.25, 0.3) is 0 Å². The molecular formula is C12H24O2. The molecule has 14 heavy (non-hydrogen) atoms. The van der Waals surface area contributed by atoms with Gasteiger partial charge in [0.05, 0.1) is 6.10 Å². The first-order chi connectivity index (χ1) is 6.61. The molecule has 2 atom stereocenters. The Labute approximate surface area is 87.7 Å². The third kappa shape index (κ3) is 3.58. The van der Waals surface area contributed by atoms with E-state index in [1.165, 1.54) is 19.3 Å². The molecule has 0 radical (unpaired) electrons. The average molecular weight is 200 g/mol. The predicted octanol–water partition coefficient (Wildman–Crippen LogP) is 2.46. The van der Waals surface area contributed by atoms with Gasteiger partial charge in [-0.2, -0.15) is 0 Å². The zero-order chi connectivity index (χ0) is 10.6. The Morgan fingerprint density at radius 2 is 1.79 bits per heavy atom. The molecule has 0 aromatic rings. The number of aliphatic hydroxyl groups is 1. The highest BCUT2D eigenvalue weighted by Crippen LogP contribution is 2.29. The Morgan fingerprint density at radius 1 is 1.21 bits per heavy atom. The first-order valence-electron chi connectivity index (χ1n) is 5.87. The number of hydrogen-bond donors (Lipinski definition) is 1. The molecule has 0 spiro atoms. The van der Waals surface area contributed by atoms with Crippen LogP contribution in [0.4, 0.5) is 0 Å². The first kappa shape index (κ1) is 12.0. The van der Waals surface area contributed by atoms with Gasteiger partial charge < -0.3 is 9.84 Å². The summed E-state index contributed by atoms with van der Waals surface area (Å²) in [4.78, 5) is 0. The van der Waals surface area contributed by atoms with E-state index in [4.69, 9.17) is 4.74 Å². The second kappa shape index (κ2) is 5.72. The van der Waals surface area contributed by atoms with Gasteiger partial charge in [0.1, 0.15) is 0 Å². The smallest absolute Gasteiger partial charge is 0.0542 e. The van der Waals surface area contributed by atoms with Gasteiger partial charge in [-0.05, 0) is 43.9 Å². The highest BCUT2D eigenvalue weighted by Gasteiger charge is 2.24. The van der Waals surface area contributed by atoms with E-state index >= 15 is 0 Å². The second-order valence-corrected chi connectivity index (χ2v) is 4.94. The molecule has 2 unspecified atom stereocenters. The molecule has 0 saturated carbocycles. The molecule has 1 saturated heterocycles.